The third-order valence-electron chi connectivity index (χ3n) is 4.05. The van der Waals surface area contributed by atoms with Crippen molar-refractivity contribution < 1.29 is 14.3 Å². The first-order valence-corrected chi connectivity index (χ1v) is 8.49. The van der Waals surface area contributed by atoms with E-state index in [-0.39, 0.29) is 12.0 Å². The Morgan fingerprint density at radius 1 is 1.40 bits per heavy atom. The number of H-pyrrole nitrogens is 1. The molecule has 1 N–H and O–H groups in total. The Morgan fingerprint density at radius 2 is 2.20 bits per heavy atom. The van der Waals surface area contributed by atoms with Crippen molar-refractivity contribution in [1.29, 1.82) is 0 Å². The summed E-state index contributed by atoms with van der Waals surface area (Å²) < 4.78 is 11.9. The van der Waals surface area contributed by atoms with Crippen molar-refractivity contribution in [1.82, 2.24) is 20.1 Å². The number of aromatic nitrogens is 3. The van der Waals surface area contributed by atoms with Gasteiger partial charge >= 0.3 is 0 Å². The van der Waals surface area contributed by atoms with Crippen LogP contribution in [0.3, 0.4) is 0 Å². The summed E-state index contributed by atoms with van der Waals surface area (Å²) in [5.74, 6) is 1.62. The molecule has 0 spiro atoms. The Balaban J connectivity index is 1.55. The van der Waals surface area contributed by atoms with Gasteiger partial charge in [-0.3, -0.25) is 9.89 Å². The number of amides is 1. The topological polar surface area (TPSA) is 80.3 Å². The molecule has 3 rings (SSSR count). The van der Waals surface area contributed by atoms with Crippen LogP contribution in [-0.2, 0) is 16.0 Å². The highest BCUT2D eigenvalue weighted by Crippen LogP contribution is 2.22. The first-order chi connectivity index (χ1) is 12.0. The molecule has 25 heavy (non-hydrogen) atoms. The van der Waals surface area contributed by atoms with Crippen LogP contribution in [0.25, 0.3) is 0 Å². The average Bonchev–Trinajstić information content (AvgIpc) is 3.11. The van der Waals surface area contributed by atoms with Crippen molar-refractivity contribution in [3.63, 3.8) is 0 Å². The van der Waals surface area contributed by atoms with Crippen LogP contribution >= 0.6 is 0 Å². The lowest BCUT2D eigenvalue weighted by Crippen LogP contribution is -2.56. The molecule has 1 amide bonds. The van der Waals surface area contributed by atoms with Crippen molar-refractivity contribution in [2.45, 2.75) is 38.4 Å². The summed E-state index contributed by atoms with van der Waals surface area (Å²) in [7, 11) is 0. The zero-order valence-electron chi connectivity index (χ0n) is 14.6. The second-order valence-corrected chi connectivity index (χ2v) is 6.83. The number of rotatable bonds is 6. The molecule has 0 aliphatic carbocycles. The van der Waals surface area contributed by atoms with Gasteiger partial charge in [0.05, 0.1) is 12.1 Å². The number of hydrogen-bond acceptors (Lipinski definition) is 5. The minimum absolute atomic E-state index is 0.0949. The Labute approximate surface area is 147 Å². The number of hydrogen-bond donors (Lipinski definition) is 1. The summed E-state index contributed by atoms with van der Waals surface area (Å²) >= 11 is 0. The van der Waals surface area contributed by atoms with Gasteiger partial charge in [0.15, 0.2) is 0 Å². The van der Waals surface area contributed by atoms with Gasteiger partial charge in [0.2, 0.25) is 5.91 Å². The van der Waals surface area contributed by atoms with Crippen molar-refractivity contribution in [3.05, 3.63) is 42.5 Å². The fourth-order valence-corrected chi connectivity index (χ4v) is 3.01. The normalized spacial score (nSPS) is 19.6. The van der Waals surface area contributed by atoms with Gasteiger partial charge in [-0.1, -0.05) is 18.2 Å². The summed E-state index contributed by atoms with van der Waals surface area (Å²) in [5, 5.41) is 6.59. The SMILES string of the molecule is CC1(C)CN(C(=O)CCc2ncn[nH]2)C[C@@H](COc2ccccc2)O1. The lowest BCUT2D eigenvalue weighted by Gasteiger charge is -2.42. The predicted octanol–water partition coefficient (Wildman–Crippen LogP) is 1.82. The Kier molecular flexibility index (Phi) is 5.33. The highest BCUT2D eigenvalue weighted by Gasteiger charge is 2.35. The number of carbonyl (C=O) groups is 1. The third kappa shape index (κ3) is 5.03. The summed E-state index contributed by atoms with van der Waals surface area (Å²) in [6.07, 6.45) is 2.26. The average molecular weight is 344 g/mol. The van der Waals surface area contributed by atoms with E-state index in [2.05, 4.69) is 15.2 Å². The highest BCUT2D eigenvalue weighted by molar-refractivity contribution is 5.76. The quantitative estimate of drug-likeness (QED) is 0.865. The van der Waals surface area contributed by atoms with Gasteiger partial charge in [-0.25, -0.2) is 4.98 Å². The maximum Gasteiger partial charge on any atom is 0.223 e. The number of benzene rings is 1. The molecule has 0 saturated carbocycles. The molecular weight excluding hydrogens is 320 g/mol. The van der Waals surface area contributed by atoms with Crippen LogP contribution in [0.1, 0.15) is 26.1 Å². The van der Waals surface area contributed by atoms with Crippen LogP contribution < -0.4 is 4.74 Å². The van der Waals surface area contributed by atoms with Crippen LogP contribution in [0, 0.1) is 0 Å². The lowest BCUT2D eigenvalue weighted by atomic mass is 10.0. The molecule has 7 nitrogen and oxygen atoms in total. The molecule has 0 radical (unpaired) electrons. The van der Waals surface area contributed by atoms with Gasteiger partial charge in [0.25, 0.3) is 0 Å². The van der Waals surface area contributed by atoms with Gasteiger partial charge in [0.1, 0.15) is 30.6 Å². The van der Waals surface area contributed by atoms with Crippen molar-refractivity contribution >= 4 is 5.91 Å². The number of nitrogens with zero attached hydrogens (tertiary/aromatic N) is 3. The Morgan fingerprint density at radius 3 is 2.92 bits per heavy atom. The number of morpholine rings is 1. The monoisotopic (exact) mass is 344 g/mol. The molecule has 2 heterocycles. The molecule has 0 bridgehead atoms. The van der Waals surface area contributed by atoms with Gasteiger partial charge in [-0.05, 0) is 26.0 Å². The van der Waals surface area contributed by atoms with E-state index in [0.717, 1.165) is 11.6 Å². The number of nitrogens with one attached hydrogen (secondary N) is 1. The maximum absolute atomic E-state index is 12.6. The van der Waals surface area contributed by atoms with E-state index in [9.17, 15) is 4.79 Å². The molecular formula is C18H24N4O3. The summed E-state index contributed by atoms with van der Waals surface area (Å²) in [6, 6.07) is 9.63. The first kappa shape index (κ1) is 17.4. The number of para-hydroxylation sites is 1. The van der Waals surface area contributed by atoms with E-state index >= 15 is 0 Å². The fourth-order valence-electron chi connectivity index (χ4n) is 3.01. The van der Waals surface area contributed by atoms with Gasteiger partial charge in [-0.2, -0.15) is 5.10 Å². The first-order valence-electron chi connectivity index (χ1n) is 8.49. The number of carbonyl (C=O) groups excluding carboxylic acids is 1. The molecule has 1 aromatic carbocycles. The zero-order chi connectivity index (χ0) is 17.7. The second kappa shape index (κ2) is 7.65. The minimum atomic E-state index is -0.398. The van der Waals surface area contributed by atoms with Crippen LogP contribution in [0.4, 0.5) is 0 Å². The van der Waals surface area contributed by atoms with Gasteiger partial charge in [-0.15, -0.1) is 0 Å². The molecule has 1 saturated heterocycles. The Bertz CT molecular complexity index is 673. The molecule has 2 aromatic rings. The molecule has 1 aliphatic rings. The van der Waals surface area contributed by atoms with Gasteiger partial charge < -0.3 is 14.4 Å². The smallest absolute Gasteiger partial charge is 0.223 e. The standard InChI is InChI=1S/C18H24N4O3/c1-18(2)12-22(17(23)9-8-16-19-13-20-21-16)10-15(25-18)11-24-14-6-4-3-5-7-14/h3-7,13,15H,8-12H2,1-2H3,(H,19,20,21)/t15-/m0/s1. The second-order valence-electron chi connectivity index (χ2n) is 6.83. The summed E-state index contributed by atoms with van der Waals surface area (Å²) in [4.78, 5) is 18.5. The van der Waals surface area contributed by atoms with Gasteiger partial charge in [0, 0.05) is 19.4 Å². The van der Waals surface area contributed by atoms with E-state index in [4.69, 9.17) is 9.47 Å². The summed E-state index contributed by atoms with van der Waals surface area (Å²) in [6.45, 7) is 5.52. The van der Waals surface area contributed by atoms with Crippen molar-refractivity contribution in [2.24, 2.45) is 0 Å². The third-order valence-corrected chi connectivity index (χ3v) is 4.05. The minimum Gasteiger partial charge on any atom is -0.491 e. The largest absolute Gasteiger partial charge is 0.491 e. The predicted molar refractivity (Wildman–Crippen MR) is 92.2 cm³/mol. The van der Waals surface area contributed by atoms with E-state index in [1.807, 2.05) is 49.1 Å². The van der Waals surface area contributed by atoms with Crippen molar-refractivity contribution in [3.8, 4) is 5.75 Å². The van der Waals surface area contributed by atoms with E-state index < -0.39 is 5.60 Å². The maximum atomic E-state index is 12.6. The highest BCUT2D eigenvalue weighted by atomic mass is 16.5. The van der Waals surface area contributed by atoms with E-state index in [1.165, 1.54) is 6.33 Å². The van der Waals surface area contributed by atoms with Crippen LogP contribution in [-0.4, -0.2) is 57.4 Å². The number of aryl methyl sites for hydroxylation is 1. The fraction of sp³-hybridized carbons (Fsp3) is 0.500. The van der Waals surface area contributed by atoms with Crippen LogP contribution in [0.15, 0.2) is 36.7 Å². The van der Waals surface area contributed by atoms with Crippen LogP contribution in [0.5, 0.6) is 5.75 Å². The molecule has 134 valence electrons. The van der Waals surface area contributed by atoms with Crippen molar-refractivity contribution in [2.75, 3.05) is 19.7 Å². The zero-order valence-corrected chi connectivity index (χ0v) is 14.6. The molecule has 0 unspecified atom stereocenters. The summed E-state index contributed by atoms with van der Waals surface area (Å²) in [5.41, 5.74) is -0.398. The Hall–Kier alpha value is -2.41. The van der Waals surface area contributed by atoms with E-state index in [0.29, 0.717) is 32.5 Å². The molecule has 1 aromatic heterocycles. The number of ether oxygens (including phenoxy) is 2. The molecule has 1 aliphatic heterocycles. The lowest BCUT2D eigenvalue weighted by molar-refractivity contribution is -0.165. The number of aromatic amines is 1. The molecule has 1 fully saturated rings. The van der Waals surface area contributed by atoms with Crippen LogP contribution in [0.2, 0.25) is 0 Å². The van der Waals surface area contributed by atoms with E-state index in [1.54, 1.807) is 0 Å². The molecule has 1 atom stereocenters. The molecule has 7 heteroatoms.